The maximum absolute atomic E-state index is 13.8. The van der Waals surface area contributed by atoms with E-state index in [4.69, 9.17) is 4.74 Å². The van der Waals surface area contributed by atoms with Crippen molar-refractivity contribution in [3.05, 3.63) is 72.4 Å². The zero-order valence-electron chi connectivity index (χ0n) is 20.6. The van der Waals surface area contributed by atoms with Gasteiger partial charge < -0.3 is 4.74 Å². The molecule has 35 heavy (non-hydrogen) atoms. The Balaban J connectivity index is 1.59. The Bertz CT molecular complexity index is 1320. The molecule has 1 aromatic heterocycles. The highest BCUT2D eigenvalue weighted by molar-refractivity contribution is 7.91. The average molecular weight is 491 g/mol. The Morgan fingerprint density at radius 3 is 2.66 bits per heavy atom. The number of ether oxygens (including phenoxy) is 1. The predicted molar refractivity (Wildman–Crippen MR) is 141 cm³/mol. The largest absolute Gasteiger partial charge is 0.497 e. The first kappa shape index (κ1) is 24.0. The standard InChI is InChI=1S/C29H34N2O3S/c1-4-20-6-9-24(10-7-20)35(32,33)19-27(29-16-22-13-15-31(29)18-21(22)5-2)25-12-14-30-28-11-8-23(34-3)17-26(25)28/h4,6-12,14,17,21-22,27,29H,1,5,13,15-16,18-19H2,2-3H3/t21?,22?,27-,29-/m0/s1. The molecule has 0 N–H and O–H groups in total. The number of hydrogen-bond donors (Lipinski definition) is 0. The van der Waals surface area contributed by atoms with Crippen molar-refractivity contribution in [1.29, 1.82) is 0 Å². The van der Waals surface area contributed by atoms with E-state index in [2.05, 4.69) is 23.4 Å². The number of fused-ring (bicyclic) bond motifs is 4. The summed E-state index contributed by atoms with van der Waals surface area (Å²) in [6, 6.07) is 15.1. The van der Waals surface area contributed by atoms with E-state index in [-0.39, 0.29) is 17.7 Å². The van der Waals surface area contributed by atoms with Crippen LogP contribution in [0.15, 0.2) is 66.2 Å². The van der Waals surface area contributed by atoms with Crippen molar-refractivity contribution in [2.45, 2.75) is 43.0 Å². The molecule has 0 spiro atoms. The second-order valence-electron chi connectivity index (χ2n) is 9.96. The second-order valence-corrected chi connectivity index (χ2v) is 12.0. The van der Waals surface area contributed by atoms with Gasteiger partial charge in [-0.05, 0) is 78.7 Å². The molecule has 6 rings (SSSR count). The van der Waals surface area contributed by atoms with Crippen molar-refractivity contribution >= 4 is 26.8 Å². The fraction of sp³-hybridized carbons (Fsp3) is 0.414. The number of nitrogens with zero attached hydrogens (tertiary/aromatic N) is 2. The van der Waals surface area contributed by atoms with E-state index < -0.39 is 9.84 Å². The fourth-order valence-corrected chi connectivity index (χ4v) is 7.83. The first-order chi connectivity index (χ1) is 16.9. The Morgan fingerprint density at radius 1 is 1.20 bits per heavy atom. The van der Waals surface area contributed by atoms with Crippen LogP contribution in [-0.4, -0.2) is 50.3 Å². The Morgan fingerprint density at radius 2 is 2.00 bits per heavy atom. The van der Waals surface area contributed by atoms with E-state index in [0.717, 1.165) is 47.3 Å². The molecular weight excluding hydrogens is 456 g/mol. The molecule has 6 heteroatoms. The summed E-state index contributed by atoms with van der Waals surface area (Å²) in [5, 5.41) is 0.976. The van der Waals surface area contributed by atoms with Crippen LogP contribution < -0.4 is 4.74 Å². The van der Waals surface area contributed by atoms with Crippen LogP contribution in [0.3, 0.4) is 0 Å². The van der Waals surface area contributed by atoms with E-state index in [1.807, 2.05) is 42.6 Å². The molecule has 3 aliphatic heterocycles. The zero-order valence-corrected chi connectivity index (χ0v) is 21.4. The van der Waals surface area contributed by atoms with Crippen LogP contribution in [0.5, 0.6) is 5.75 Å². The van der Waals surface area contributed by atoms with Crippen molar-refractivity contribution < 1.29 is 13.2 Å². The van der Waals surface area contributed by atoms with Crippen LogP contribution >= 0.6 is 0 Å². The SMILES string of the molecule is C=Cc1ccc(S(=O)(=O)C[C@@H](c2ccnc3ccc(OC)cc23)[C@@H]2CC3CCN2CC3CC)cc1. The van der Waals surface area contributed by atoms with Crippen molar-refractivity contribution in [2.24, 2.45) is 11.8 Å². The van der Waals surface area contributed by atoms with E-state index in [1.54, 1.807) is 25.3 Å². The molecule has 2 bridgehead atoms. The van der Waals surface area contributed by atoms with Crippen molar-refractivity contribution in [3.63, 3.8) is 0 Å². The summed E-state index contributed by atoms with van der Waals surface area (Å²) < 4.78 is 33.0. The molecule has 184 valence electrons. The molecule has 3 aromatic rings. The van der Waals surface area contributed by atoms with Gasteiger partial charge in [-0.3, -0.25) is 9.88 Å². The third-order valence-electron chi connectivity index (χ3n) is 8.18. The van der Waals surface area contributed by atoms with Crippen LogP contribution in [0.1, 0.15) is 43.2 Å². The van der Waals surface area contributed by atoms with E-state index in [1.165, 1.54) is 12.8 Å². The van der Waals surface area contributed by atoms with Crippen LogP contribution in [0.4, 0.5) is 0 Å². The molecule has 5 nitrogen and oxygen atoms in total. The van der Waals surface area contributed by atoms with Gasteiger partial charge >= 0.3 is 0 Å². The minimum atomic E-state index is -3.51. The van der Waals surface area contributed by atoms with Gasteiger partial charge in [0, 0.05) is 30.1 Å². The van der Waals surface area contributed by atoms with Gasteiger partial charge in [0.15, 0.2) is 9.84 Å². The van der Waals surface area contributed by atoms with Crippen LogP contribution in [0, 0.1) is 11.8 Å². The lowest BCUT2D eigenvalue weighted by molar-refractivity contribution is -0.00855. The number of benzene rings is 2. The summed E-state index contributed by atoms with van der Waals surface area (Å²) in [5.41, 5.74) is 2.82. The topological polar surface area (TPSA) is 59.5 Å². The highest BCUT2D eigenvalue weighted by atomic mass is 32.2. The molecule has 0 amide bonds. The third-order valence-corrected chi connectivity index (χ3v) is 9.97. The number of piperidine rings is 3. The number of rotatable bonds is 8. The monoisotopic (exact) mass is 490 g/mol. The highest BCUT2D eigenvalue weighted by Gasteiger charge is 2.44. The number of aromatic nitrogens is 1. The zero-order chi connectivity index (χ0) is 24.6. The summed E-state index contributed by atoms with van der Waals surface area (Å²) in [4.78, 5) is 7.49. The summed E-state index contributed by atoms with van der Waals surface area (Å²) in [5.74, 6) is 2.04. The summed E-state index contributed by atoms with van der Waals surface area (Å²) in [6.07, 6.45) is 6.98. The van der Waals surface area contributed by atoms with E-state index >= 15 is 0 Å². The van der Waals surface area contributed by atoms with Gasteiger partial charge in [-0.1, -0.05) is 38.1 Å². The molecule has 0 saturated carbocycles. The third kappa shape index (κ3) is 4.62. The lowest BCUT2D eigenvalue weighted by Gasteiger charge is -2.52. The molecule has 3 unspecified atom stereocenters. The lowest BCUT2D eigenvalue weighted by atomic mass is 9.70. The number of sulfone groups is 1. The first-order valence-electron chi connectivity index (χ1n) is 12.6. The molecule has 2 aromatic carbocycles. The van der Waals surface area contributed by atoms with Gasteiger partial charge in [-0.15, -0.1) is 0 Å². The van der Waals surface area contributed by atoms with Crippen LogP contribution in [-0.2, 0) is 9.84 Å². The summed E-state index contributed by atoms with van der Waals surface area (Å²) >= 11 is 0. The molecule has 3 saturated heterocycles. The minimum absolute atomic E-state index is 0.0709. The van der Waals surface area contributed by atoms with Gasteiger partial charge in [0.25, 0.3) is 0 Å². The van der Waals surface area contributed by atoms with Crippen molar-refractivity contribution in [1.82, 2.24) is 9.88 Å². The van der Waals surface area contributed by atoms with E-state index in [9.17, 15) is 8.42 Å². The minimum Gasteiger partial charge on any atom is -0.497 e. The maximum atomic E-state index is 13.8. The molecular formula is C29H34N2O3S. The Hall–Kier alpha value is -2.70. The lowest BCUT2D eigenvalue weighted by Crippen LogP contribution is -2.56. The second kappa shape index (κ2) is 9.75. The highest BCUT2D eigenvalue weighted by Crippen LogP contribution is 2.44. The fourth-order valence-electron chi connectivity index (χ4n) is 6.21. The van der Waals surface area contributed by atoms with Crippen LogP contribution in [0.2, 0.25) is 0 Å². The number of hydrogen-bond acceptors (Lipinski definition) is 5. The molecule has 0 radical (unpaired) electrons. The normalized spacial score (nSPS) is 24.9. The van der Waals surface area contributed by atoms with Gasteiger partial charge in [0.05, 0.1) is 23.3 Å². The van der Waals surface area contributed by atoms with Gasteiger partial charge in [-0.25, -0.2) is 8.42 Å². The van der Waals surface area contributed by atoms with Crippen molar-refractivity contribution in [2.75, 3.05) is 26.0 Å². The molecule has 3 aliphatic rings. The molecule has 4 heterocycles. The van der Waals surface area contributed by atoms with Gasteiger partial charge in [0.2, 0.25) is 0 Å². The van der Waals surface area contributed by atoms with Crippen molar-refractivity contribution in [3.8, 4) is 5.75 Å². The predicted octanol–water partition coefficient (Wildman–Crippen LogP) is 5.56. The quantitative estimate of drug-likeness (QED) is 0.413. The Labute approximate surface area is 208 Å². The molecule has 0 aliphatic carbocycles. The maximum Gasteiger partial charge on any atom is 0.179 e. The summed E-state index contributed by atoms with van der Waals surface area (Å²) in [6.45, 7) is 8.16. The first-order valence-corrected chi connectivity index (χ1v) is 14.2. The van der Waals surface area contributed by atoms with Crippen LogP contribution in [0.25, 0.3) is 17.0 Å². The number of methoxy groups -OCH3 is 1. The molecule has 5 atom stereocenters. The average Bonchev–Trinajstić information content (AvgIpc) is 2.91. The summed E-state index contributed by atoms with van der Waals surface area (Å²) in [7, 11) is -1.86. The number of pyridine rings is 1. The van der Waals surface area contributed by atoms with Gasteiger partial charge in [0.1, 0.15) is 5.75 Å². The van der Waals surface area contributed by atoms with Gasteiger partial charge in [-0.2, -0.15) is 0 Å². The molecule has 3 fully saturated rings. The Kier molecular flexibility index (Phi) is 6.69. The smallest absolute Gasteiger partial charge is 0.179 e. The van der Waals surface area contributed by atoms with E-state index in [0.29, 0.717) is 16.7 Å².